The number of rotatable bonds is 2. The predicted molar refractivity (Wildman–Crippen MR) is 88.0 cm³/mol. The van der Waals surface area contributed by atoms with Crippen LogP contribution in [0.25, 0.3) is 0 Å². The number of hydrogen-bond acceptors (Lipinski definition) is 1. The quantitative estimate of drug-likeness (QED) is 0.828. The Morgan fingerprint density at radius 1 is 0.950 bits per heavy atom. The van der Waals surface area contributed by atoms with Gasteiger partial charge in [0.15, 0.2) is 0 Å². The van der Waals surface area contributed by atoms with Crippen LogP contribution < -0.4 is 5.32 Å². The maximum Gasteiger partial charge on any atom is 0.0406 e. The van der Waals surface area contributed by atoms with Crippen molar-refractivity contribution in [3.63, 3.8) is 0 Å². The topological polar surface area (TPSA) is 12.0 Å². The van der Waals surface area contributed by atoms with Crippen LogP contribution in [0.3, 0.4) is 0 Å². The fourth-order valence-electron chi connectivity index (χ4n) is 3.13. The molecule has 1 aliphatic carbocycles. The molecule has 0 fully saturated rings. The molecule has 3 heteroatoms. The lowest BCUT2D eigenvalue weighted by Crippen LogP contribution is -2.24. The SMILES string of the molecule is CN[C@H]1CC[C@@H](c2ccc(Cl)cc2)c2ccccc21.Cl. The van der Waals surface area contributed by atoms with Gasteiger partial charge in [0.1, 0.15) is 0 Å². The first-order valence-electron chi connectivity index (χ1n) is 6.81. The van der Waals surface area contributed by atoms with Crippen LogP contribution in [-0.2, 0) is 0 Å². The van der Waals surface area contributed by atoms with Crippen LogP contribution in [0.2, 0.25) is 5.02 Å². The number of fused-ring (bicyclic) bond motifs is 1. The Kier molecular flexibility index (Phi) is 5.09. The summed E-state index contributed by atoms with van der Waals surface area (Å²) in [6.07, 6.45) is 2.37. The van der Waals surface area contributed by atoms with E-state index in [-0.39, 0.29) is 12.4 Å². The Balaban J connectivity index is 0.00000147. The zero-order chi connectivity index (χ0) is 13.2. The third-order valence-electron chi connectivity index (χ3n) is 4.11. The van der Waals surface area contributed by atoms with E-state index in [1.165, 1.54) is 29.5 Å². The highest BCUT2D eigenvalue weighted by atomic mass is 35.5. The zero-order valence-electron chi connectivity index (χ0n) is 11.5. The summed E-state index contributed by atoms with van der Waals surface area (Å²) in [5, 5.41) is 4.23. The molecule has 106 valence electrons. The zero-order valence-corrected chi connectivity index (χ0v) is 13.0. The second-order valence-electron chi connectivity index (χ2n) is 5.15. The molecule has 2 atom stereocenters. The molecule has 0 heterocycles. The first-order valence-corrected chi connectivity index (χ1v) is 7.19. The summed E-state index contributed by atoms with van der Waals surface area (Å²) in [5.74, 6) is 0.498. The van der Waals surface area contributed by atoms with E-state index in [9.17, 15) is 0 Å². The maximum absolute atomic E-state index is 5.99. The lowest BCUT2D eigenvalue weighted by atomic mass is 9.77. The molecule has 0 unspecified atom stereocenters. The Labute approximate surface area is 131 Å². The van der Waals surface area contributed by atoms with E-state index in [4.69, 9.17) is 11.6 Å². The van der Waals surface area contributed by atoms with Gasteiger partial charge in [-0.05, 0) is 48.7 Å². The summed E-state index contributed by atoms with van der Waals surface area (Å²) >= 11 is 5.99. The fourth-order valence-corrected chi connectivity index (χ4v) is 3.26. The first kappa shape index (κ1) is 15.4. The molecule has 0 bridgehead atoms. The van der Waals surface area contributed by atoms with E-state index in [1.54, 1.807) is 0 Å². The standard InChI is InChI=1S/C17H18ClN.ClH/c1-19-17-11-10-14(12-6-8-13(18)9-7-12)15-4-2-3-5-16(15)17;/h2-9,14,17,19H,10-11H2,1H3;1H/t14-,17-;/m0./s1. The molecule has 2 aromatic rings. The molecule has 0 spiro atoms. The molecule has 20 heavy (non-hydrogen) atoms. The smallest absolute Gasteiger partial charge is 0.0406 e. The van der Waals surface area contributed by atoms with E-state index < -0.39 is 0 Å². The van der Waals surface area contributed by atoms with Crippen molar-refractivity contribution >= 4 is 24.0 Å². The van der Waals surface area contributed by atoms with Crippen LogP contribution in [0.15, 0.2) is 48.5 Å². The molecular formula is C17H19Cl2N. The van der Waals surface area contributed by atoms with Crippen molar-refractivity contribution in [3.8, 4) is 0 Å². The fraction of sp³-hybridized carbons (Fsp3) is 0.294. The minimum Gasteiger partial charge on any atom is -0.313 e. The minimum atomic E-state index is 0. The Morgan fingerprint density at radius 3 is 2.25 bits per heavy atom. The van der Waals surface area contributed by atoms with Gasteiger partial charge < -0.3 is 5.32 Å². The summed E-state index contributed by atoms with van der Waals surface area (Å²) in [6, 6.07) is 17.6. The number of nitrogens with one attached hydrogen (secondary N) is 1. The Morgan fingerprint density at radius 2 is 1.60 bits per heavy atom. The van der Waals surface area contributed by atoms with Crippen LogP contribution in [0, 0.1) is 0 Å². The maximum atomic E-state index is 5.99. The highest BCUT2D eigenvalue weighted by molar-refractivity contribution is 6.30. The summed E-state index contributed by atoms with van der Waals surface area (Å²) in [5.41, 5.74) is 4.26. The average Bonchev–Trinajstić information content (AvgIpc) is 2.47. The van der Waals surface area contributed by atoms with Crippen molar-refractivity contribution in [1.29, 1.82) is 0 Å². The molecule has 0 radical (unpaired) electrons. The van der Waals surface area contributed by atoms with Crippen molar-refractivity contribution in [2.45, 2.75) is 24.8 Å². The van der Waals surface area contributed by atoms with Crippen LogP contribution in [0.1, 0.15) is 41.5 Å². The third-order valence-corrected chi connectivity index (χ3v) is 4.36. The van der Waals surface area contributed by atoms with Crippen LogP contribution in [-0.4, -0.2) is 7.05 Å². The van der Waals surface area contributed by atoms with E-state index in [0.29, 0.717) is 12.0 Å². The Hall–Kier alpha value is -1.02. The molecule has 0 saturated carbocycles. The van der Waals surface area contributed by atoms with E-state index in [0.717, 1.165) is 5.02 Å². The van der Waals surface area contributed by atoms with Crippen molar-refractivity contribution in [3.05, 3.63) is 70.2 Å². The normalized spacial score (nSPS) is 20.9. The van der Waals surface area contributed by atoms with E-state index >= 15 is 0 Å². The lowest BCUT2D eigenvalue weighted by molar-refractivity contribution is 0.471. The van der Waals surface area contributed by atoms with Gasteiger partial charge in [0.25, 0.3) is 0 Å². The molecular weight excluding hydrogens is 289 g/mol. The average molecular weight is 308 g/mol. The monoisotopic (exact) mass is 307 g/mol. The van der Waals surface area contributed by atoms with Crippen molar-refractivity contribution in [1.82, 2.24) is 5.32 Å². The van der Waals surface area contributed by atoms with E-state index in [2.05, 4.69) is 41.7 Å². The number of halogens is 2. The second-order valence-corrected chi connectivity index (χ2v) is 5.59. The lowest BCUT2D eigenvalue weighted by Gasteiger charge is -2.31. The highest BCUT2D eigenvalue weighted by Crippen LogP contribution is 2.41. The molecule has 2 aromatic carbocycles. The largest absolute Gasteiger partial charge is 0.313 e. The van der Waals surface area contributed by atoms with Crippen molar-refractivity contribution in [2.24, 2.45) is 0 Å². The van der Waals surface area contributed by atoms with Gasteiger partial charge in [0.2, 0.25) is 0 Å². The second kappa shape index (κ2) is 6.62. The van der Waals surface area contributed by atoms with Gasteiger partial charge in [-0.1, -0.05) is 48.0 Å². The van der Waals surface area contributed by atoms with Gasteiger partial charge in [-0.25, -0.2) is 0 Å². The summed E-state index contributed by atoms with van der Waals surface area (Å²) in [7, 11) is 2.05. The molecule has 0 aliphatic heterocycles. The predicted octanol–water partition coefficient (Wildman–Crippen LogP) is 4.95. The van der Waals surface area contributed by atoms with Gasteiger partial charge >= 0.3 is 0 Å². The minimum absolute atomic E-state index is 0. The van der Waals surface area contributed by atoms with Crippen molar-refractivity contribution < 1.29 is 0 Å². The van der Waals surface area contributed by atoms with Gasteiger partial charge in [0.05, 0.1) is 0 Å². The van der Waals surface area contributed by atoms with Crippen LogP contribution in [0.4, 0.5) is 0 Å². The summed E-state index contributed by atoms with van der Waals surface area (Å²) < 4.78 is 0. The van der Waals surface area contributed by atoms with Crippen molar-refractivity contribution in [2.75, 3.05) is 7.05 Å². The molecule has 1 nitrogen and oxygen atoms in total. The molecule has 0 aromatic heterocycles. The van der Waals surface area contributed by atoms with E-state index in [1.807, 2.05) is 19.2 Å². The number of benzene rings is 2. The van der Waals surface area contributed by atoms with Gasteiger partial charge in [-0.3, -0.25) is 0 Å². The van der Waals surface area contributed by atoms with Crippen LogP contribution in [0.5, 0.6) is 0 Å². The first-order chi connectivity index (χ1) is 9.29. The van der Waals surface area contributed by atoms with Gasteiger partial charge in [0, 0.05) is 17.0 Å². The van der Waals surface area contributed by atoms with Gasteiger partial charge in [-0.2, -0.15) is 0 Å². The molecule has 1 N–H and O–H groups in total. The molecule has 0 saturated heterocycles. The summed E-state index contributed by atoms with van der Waals surface area (Å²) in [4.78, 5) is 0. The third kappa shape index (κ3) is 2.85. The molecule has 3 rings (SSSR count). The number of hydrogen-bond donors (Lipinski definition) is 1. The van der Waals surface area contributed by atoms with Gasteiger partial charge in [-0.15, -0.1) is 12.4 Å². The summed E-state index contributed by atoms with van der Waals surface area (Å²) in [6.45, 7) is 0. The molecule has 0 amide bonds. The van der Waals surface area contributed by atoms with Crippen LogP contribution >= 0.6 is 24.0 Å². The molecule has 1 aliphatic rings. The Bertz CT molecular complexity index is 565. The highest BCUT2D eigenvalue weighted by Gasteiger charge is 2.26.